The first-order chi connectivity index (χ1) is 18.0. The number of rotatable bonds is 2. The van der Waals surface area contributed by atoms with E-state index in [1.807, 2.05) is 0 Å². The predicted molar refractivity (Wildman–Crippen MR) is 155 cm³/mol. The zero-order chi connectivity index (χ0) is 29.2. The summed E-state index contributed by atoms with van der Waals surface area (Å²) in [5, 5.41) is 21.3. The molecule has 5 fully saturated rings. The monoisotopic (exact) mass is 544 g/mol. The smallest absolute Gasteiger partial charge is 0.310 e. The standard InChI is InChI=1S/C30H50O2.C4H6O3/c1-19(2)20-10-13-26(3)16-17-29(6)21(25(20)26)8-9-23-27(4)14-12-24(32)28(5,18-31)22(27)11-15-30(23,29)7;1-3(5)7-4(2)6/h20-25,31-32H,1,8-18H2,2-7H3;1-2H3/t20-,21?,22?,23?,24-,25?,26+,27-,28-,29+,30+;/m0./s1. The van der Waals surface area contributed by atoms with Gasteiger partial charge < -0.3 is 14.9 Å². The molecule has 2 N–H and O–H groups in total. The molecule has 5 nitrogen and oxygen atoms in total. The molecule has 0 radical (unpaired) electrons. The molecule has 0 spiro atoms. The zero-order valence-electron chi connectivity index (χ0n) is 26.1. The average molecular weight is 545 g/mol. The van der Waals surface area contributed by atoms with E-state index in [2.05, 4.69) is 52.9 Å². The molecular formula is C34H56O5. The predicted octanol–water partition coefficient (Wildman–Crippen LogP) is 7.09. The Morgan fingerprint density at radius 2 is 1.44 bits per heavy atom. The molecule has 0 aromatic heterocycles. The van der Waals surface area contributed by atoms with Crippen molar-refractivity contribution in [1.29, 1.82) is 0 Å². The first-order valence-corrected chi connectivity index (χ1v) is 15.6. The summed E-state index contributed by atoms with van der Waals surface area (Å²) in [5.41, 5.74) is 2.62. The van der Waals surface area contributed by atoms with Gasteiger partial charge in [0.25, 0.3) is 0 Å². The van der Waals surface area contributed by atoms with Crippen molar-refractivity contribution in [2.45, 2.75) is 126 Å². The van der Waals surface area contributed by atoms with Gasteiger partial charge in [0.05, 0.1) is 12.7 Å². The number of ether oxygens (including phenoxy) is 1. The molecule has 5 rings (SSSR count). The van der Waals surface area contributed by atoms with Gasteiger partial charge in [-0.05, 0) is 122 Å². The average Bonchev–Trinajstić information content (AvgIpc) is 3.20. The SMILES string of the molecule is C=C(C)[C@@H]1CC[C@]2(C)CC[C@]3(C)C(CCC4[C@@]5(C)CC[C@H](O)[C@@](C)(CO)C5CC[C@]43C)C12.CC(=O)OC(C)=O. The summed E-state index contributed by atoms with van der Waals surface area (Å²) in [6.07, 6.45) is 12.3. The number of carbonyl (C=O) groups excluding carboxylic acids is 2. The van der Waals surface area contributed by atoms with E-state index >= 15 is 0 Å². The fourth-order valence-corrected chi connectivity index (χ4v) is 11.7. The van der Waals surface area contributed by atoms with Crippen molar-refractivity contribution in [3.05, 3.63) is 12.2 Å². The second-order valence-corrected chi connectivity index (χ2v) is 15.6. The minimum absolute atomic E-state index is 0.123. The van der Waals surface area contributed by atoms with E-state index in [1.165, 1.54) is 70.8 Å². The van der Waals surface area contributed by atoms with E-state index < -0.39 is 11.9 Å². The van der Waals surface area contributed by atoms with E-state index in [0.717, 1.165) is 30.6 Å². The van der Waals surface area contributed by atoms with Crippen LogP contribution in [0.15, 0.2) is 12.2 Å². The molecule has 0 bridgehead atoms. The maximum atomic E-state index is 10.9. The third kappa shape index (κ3) is 4.57. The van der Waals surface area contributed by atoms with Crippen molar-refractivity contribution in [1.82, 2.24) is 0 Å². The Balaban J connectivity index is 0.000000448. The van der Waals surface area contributed by atoms with Crippen molar-refractivity contribution >= 4 is 11.9 Å². The molecule has 11 atom stereocenters. The molecule has 0 aliphatic heterocycles. The summed E-state index contributed by atoms with van der Waals surface area (Å²) in [6, 6.07) is 0. The summed E-state index contributed by atoms with van der Waals surface area (Å²) < 4.78 is 3.97. The number of esters is 2. The van der Waals surface area contributed by atoms with Gasteiger partial charge in [0.15, 0.2) is 0 Å². The third-order valence-corrected chi connectivity index (χ3v) is 13.9. The van der Waals surface area contributed by atoms with E-state index in [9.17, 15) is 19.8 Å². The van der Waals surface area contributed by atoms with Crippen LogP contribution in [0.1, 0.15) is 120 Å². The van der Waals surface area contributed by atoms with Crippen molar-refractivity contribution in [3.63, 3.8) is 0 Å². The molecule has 0 amide bonds. The lowest BCUT2D eigenvalue weighted by Gasteiger charge is -2.73. The second-order valence-electron chi connectivity index (χ2n) is 15.6. The Morgan fingerprint density at radius 1 is 0.795 bits per heavy atom. The number of allylic oxidation sites excluding steroid dienone is 1. The number of aliphatic hydroxyl groups excluding tert-OH is 2. The van der Waals surface area contributed by atoms with Crippen molar-refractivity contribution in [2.24, 2.45) is 56.7 Å². The lowest BCUT2D eigenvalue weighted by atomic mass is 9.32. The number of carbonyl (C=O) groups is 2. The number of hydrogen-bond acceptors (Lipinski definition) is 5. The molecule has 5 heteroatoms. The lowest BCUT2D eigenvalue weighted by Crippen LogP contribution is -2.67. The maximum absolute atomic E-state index is 10.9. The van der Waals surface area contributed by atoms with Crippen LogP contribution in [0.4, 0.5) is 0 Å². The van der Waals surface area contributed by atoms with Crippen molar-refractivity contribution < 1.29 is 24.5 Å². The number of hydrogen-bond donors (Lipinski definition) is 2. The van der Waals surface area contributed by atoms with Gasteiger partial charge >= 0.3 is 11.9 Å². The first kappa shape index (κ1) is 30.8. The molecule has 222 valence electrons. The van der Waals surface area contributed by atoms with Crippen LogP contribution in [0, 0.1) is 56.7 Å². The molecule has 0 saturated heterocycles. The normalized spacial score (nSPS) is 50.2. The minimum Gasteiger partial charge on any atom is -0.396 e. The van der Waals surface area contributed by atoms with Crippen LogP contribution >= 0.6 is 0 Å². The van der Waals surface area contributed by atoms with Crippen LogP contribution in [0.25, 0.3) is 0 Å². The van der Waals surface area contributed by atoms with Gasteiger partial charge in [0.1, 0.15) is 0 Å². The van der Waals surface area contributed by atoms with Gasteiger partial charge in [-0.15, -0.1) is 0 Å². The van der Waals surface area contributed by atoms with Gasteiger partial charge in [-0.3, -0.25) is 9.59 Å². The quantitative estimate of drug-likeness (QED) is 0.220. The first-order valence-electron chi connectivity index (χ1n) is 15.6. The summed E-state index contributed by atoms with van der Waals surface area (Å²) in [6.45, 7) is 22.0. The molecule has 0 aromatic rings. The van der Waals surface area contributed by atoms with Crippen LogP contribution in [-0.2, 0) is 14.3 Å². The maximum Gasteiger partial charge on any atom is 0.310 e. The largest absolute Gasteiger partial charge is 0.396 e. The second kappa shape index (κ2) is 10.3. The number of fused-ring (bicyclic) bond motifs is 7. The molecule has 4 unspecified atom stereocenters. The van der Waals surface area contributed by atoms with E-state index in [4.69, 9.17) is 0 Å². The molecule has 5 saturated carbocycles. The van der Waals surface area contributed by atoms with E-state index in [-0.39, 0.29) is 23.5 Å². The van der Waals surface area contributed by atoms with Crippen LogP contribution in [0.3, 0.4) is 0 Å². The molecule has 5 aliphatic carbocycles. The molecule has 5 aliphatic rings. The Kier molecular flexibility index (Phi) is 8.09. The molecule has 0 aromatic carbocycles. The van der Waals surface area contributed by atoms with Gasteiger partial charge in [-0.2, -0.15) is 0 Å². The summed E-state index contributed by atoms with van der Waals surface area (Å²) in [7, 11) is 0. The van der Waals surface area contributed by atoms with Crippen molar-refractivity contribution in [3.8, 4) is 0 Å². The number of aliphatic hydroxyl groups is 2. The topological polar surface area (TPSA) is 83.8 Å². The van der Waals surface area contributed by atoms with Crippen LogP contribution in [-0.4, -0.2) is 34.9 Å². The Hall–Kier alpha value is -1.20. The Labute approximate surface area is 237 Å². The minimum atomic E-state index is -0.562. The van der Waals surface area contributed by atoms with Gasteiger partial charge in [-0.25, -0.2) is 0 Å². The van der Waals surface area contributed by atoms with E-state index in [0.29, 0.717) is 28.1 Å². The summed E-state index contributed by atoms with van der Waals surface area (Å²) >= 11 is 0. The van der Waals surface area contributed by atoms with Gasteiger partial charge in [0.2, 0.25) is 0 Å². The molecular weight excluding hydrogens is 488 g/mol. The highest BCUT2D eigenvalue weighted by atomic mass is 16.6. The zero-order valence-corrected chi connectivity index (χ0v) is 26.1. The van der Waals surface area contributed by atoms with Crippen LogP contribution in [0.2, 0.25) is 0 Å². The summed E-state index contributed by atoms with van der Waals surface area (Å²) in [4.78, 5) is 19.6. The van der Waals surface area contributed by atoms with Gasteiger partial charge in [-0.1, -0.05) is 46.8 Å². The van der Waals surface area contributed by atoms with Crippen molar-refractivity contribution in [2.75, 3.05) is 6.61 Å². The third-order valence-electron chi connectivity index (χ3n) is 13.9. The highest BCUT2D eigenvalue weighted by Crippen LogP contribution is 2.77. The van der Waals surface area contributed by atoms with Gasteiger partial charge in [0, 0.05) is 19.3 Å². The summed E-state index contributed by atoms with van der Waals surface area (Å²) in [5.74, 6) is 2.38. The lowest BCUT2D eigenvalue weighted by molar-refractivity contribution is -0.253. The highest BCUT2D eigenvalue weighted by molar-refractivity contribution is 5.82. The molecule has 0 heterocycles. The highest BCUT2D eigenvalue weighted by Gasteiger charge is 2.70. The fraction of sp³-hybridized carbons (Fsp3) is 0.882. The molecule has 39 heavy (non-hydrogen) atoms. The Bertz CT molecular complexity index is 978. The van der Waals surface area contributed by atoms with Crippen LogP contribution < -0.4 is 0 Å². The Morgan fingerprint density at radius 3 is 1.97 bits per heavy atom. The fourth-order valence-electron chi connectivity index (χ4n) is 11.7. The van der Waals surface area contributed by atoms with Crippen LogP contribution in [0.5, 0.6) is 0 Å². The van der Waals surface area contributed by atoms with E-state index in [1.54, 1.807) is 0 Å².